The zero-order valence-corrected chi connectivity index (χ0v) is 11.8. The maximum atomic E-state index is 13.2. The molecule has 2 aliphatic heterocycles. The number of imide groups is 1. The van der Waals surface area contributed by atoms with E-state index in [1.54, 1.807) is 0 Å². The Morgan fingerprint density at radius 3 is 2.75 bits per heavy atom. The van der Waals surface area contributed by atoms with E-state index in [9.17, 15) is 22.6 Å². The number of hydrogen-bond donors (Lipinski definition) is 1. The van der Waals surface area contributed by atoms with Crippen LogP contribution in [-0.2, 0) is 13.4 Å². The van der Waals surface area contributed by atoms with Gasteiger partial charge in [-0.05, 0) is 0 Å². The first-order chi connectivity index (χ1) is 9.49. The van der Waals surface area contributed by atoms with Gasteiger partial charge >= 0.3 is 117 Å². The summed E-state index contributed by atoms with van der Waals surface area (Å²) in [6.07, 6.45) is 0.221. The van der Waals surface area contributed by atoms with E-state index >= 15 is 0 Å². The molecular weight excluding hydrogens is 334 g/mol. The van der Waals surface area contributed by atoms with Gasteiger partial charge in [0.2, 0.25) is 0 Å². The average molecular weight is 343 g/mol. The van der Waals surface area contributed by atoms with Crippen molar-refractivity contribution in [3.8, 4) is 0 Å². The third-order valence-electron chi connectivity index (χ3n) is 3.23. The second-order valence-electron chi connectivity index (χ2n) is 4.49. The molecule has 20 heavy (non-hydrogen) atoms. The molecule has 3 rings (SSSR count). The maximum absolute atomic E-state index is 13.2. The number of amides is 3. The van der Waals surface area contributed by atoms with Gasteiger partial charge in [0.05, 0.1) is 0 Å². The fourth-order valence-electron chi connectivity index (χ4n) is 2.28. The Bertz CT molecular complexity index is 675. The SMILES string of the molecule is O=C1CCC(N2C(=O)c3cc(F)ccc3[Se]2=O)C(=O)N1. The van der Waals surface area contributed by atoms with Crippen LogP contribution >= 0.6 is 0 Å². The minimum absolute atomic E-state index is 0.0368. The summed E-state index contributed by atoms with van der Waals surface area (Å²) < 4.78 is 26.8. The van der Waals surface area contributed by atoms with Crippen molar-refractivity contribution in [3.05, 3.63) is 29.6 Å². The topological polar surface area (TPSA) is 83.6 Å². The van der Waals surface area contributed by atoms with E-state index in [1.807, 2.05) is 0 Å². The molecule has 8 heteroatoms. The fourth-order valence-corrected chi connectivity index (χ4v) is 5.25. The molecule has 0 bridgehead atoms. The molecule has 1 aromatic rings. The van der Waals surface area contributed by atoms with Crippen LogP contribution in [0.15, 0.2) is 18.2 Å². The third-order valence-corrected chi connectivity index (χ3v) is 6.40. The fraction of sp³-hybridized carbons (Fsp3) is 0.250. The van der Waals surface area contributed by atoms with Gasteiger partial charge in [0.15, 0.2) is 0 Å². The molecule has 2 unspecified atom stereocenters. The van der Waals surface area contributed by atoms with E-state index in [-0.39, 0.29) is 22.9 Å². The summed E-state index contributed by atoms with van der Waals surface area (Å²) >= 11 is -2.93. The van der Waals surface area contributed by atoms with E-state index < -0.39 is 43.6 Å². The van der Waals surface area contributed by atoms with Crippen molar-refractivity contribution in [2.75, 3.05) is 0 Å². The number of carbonyl (C=O) groups excluding carboxylic acids is 3. The normalized spacial score (nSPS) is 25.6. The number of nitrogens with one attached hydrogen (secondary N) is 1. The van der Waals surface area contributed by atoms with Crippen molar-refractivity contribution in [1.29, 1.82) is 0 Å². The molecule has 0 saturated carbocycles. The van der Waals surface area contributed by atoms with Crippen molar-refractivity contribution in [2.24, 2.45) is 0 Å². The van der Waals surface area contributed by atoms with Crippen LogP contribution in [0.5, 0.6) is 0 Å². The van der Waals surface area contributed by atoms with E-state index in [0.29, 0.717) is 0 Å². The summed E-state index contributed by atoms with van der Waals surface area (Å²) in [6, 6.07) is 2.54. The van der Waals surface area contributed by atoms with Crippen LogP contribution in [0.1, 0.15) is 23.2 Å². The molecular formula is C12H9FN2O4Se. The monoisotopic (exact) mass is 344 g/mol. The first-order valence-corrected chi connectivity index (χ1v) is 8.20. The van der Waals surface area contributed by atoms with Crippen LogP contribution in [0.25, 0.3) is 0 Å². The summed E-state index contributed by atoms with van der Waals surface area (Å²) in [6.45, 7) is 0. The first-order valence-electron chi connectivity index (χ1n) is 5.88. The third kappa shape index (κ3) is 1.88. The second kappa shape index (κ2) is 4.57. The van der Waals surface area contributed by atoms with Crippen LogP contribution in [-0.4, -0.2) is 41.7 Å². The molecule has 6 nitrogen and oxygen atoms in total. The quantitative estimate of drug-likeness (QED) is 0.535. The number of rotatable bonds is 1. The van der Waals surface area contributed by atoms with E-state index in [1.165, 1.54) is 6.07 Å². The van der Waals surface area contributed by atoms with Gasteiger partial charge in [-0.1, -0.05) is 0 Å². The van der Waals surface area contributed by atoms with Crippen LogP contribution in [0.2, 0.25) is 0 Å². The van der Waals surface area contributed by atoms with Crippen molar-refractivity contribution < 1.29 is 22.6 Å². The Morgan fingerprint density at radius 1 is 1.30 bits per heavy atom. The Morgan fingerprint density at radius 2 is 2.05 bits per heavy atom. The van der Waals surface area contributed by atoms with Gasteiger partial charge in [-0.25, -0.2) is 0 Å². The Hall–Kier alpha value is -1.92. The van der Waals surface area contributed by atoms with Gasteiger partial charge in [-0.2, -0.15) is 0 Å². The van der Waals surface area contributed by atoms with Gasteiger partial charge in [-0.15, -0.1) is 0 Å². The molecule has 2 aliphatic rings. The molecule has 2 heterocycles. The Labute approximate surface area is 117 Å². The molecule has 2 atom stereocenters. The van der Waals surface area contributed by atoms with Gasteiger partial charge in [-0.3, -0.25) is 0 Å². The van der Waals surface area contributed by atoms with Crippen molar-refractivity contribution in [2.45, 2.75) is 18.9 Å². The average Bonchev–Trinajstić information content (AvgIpc) is 2.63. The summed E-state index contributed by atoms with van der Waals surface area (Å²) in [5.41, 5.74) is 0.0368. The summed E-state index contributed by atoms with van der Waals surface area (Å²) in [7, 11) is 0. The molecule has 0 radical (unpaired) electrons. The Kier molecular flexibility index (Phi) is 2.99. The number of benzene rings is 1. The van der Waals surface area contributed by atoms with Crippen molar-refractivity contribution in [3.63, 3.8) is 0 Å². The van der Waals surface area contributed by atoms with Crippen LogP contribution < -0.4 is 9.78 Å². The van der Waals surface area contributed by atoms with E-state index in [0.717, 1.165) is 16.0 Å². The van der Waals surface area contributed by atoms with Gasteiger partial charge in [0.25, 0.3) is 0 Å². The second-order valence-corrected chi connectivity index (χ2v) is 7.28. The number of halogens is 1. The molecule has 1 fully saturated rings. The van der Waals surface area contributed by atoms with Crippen molar-refractivity contribution in [1.82, 2.24) is 9.23 Å². The summed E-state index contributed by atoms with van der Waals surface area (Å²) in [5.74, 6) is -2.26. The molecule has 0 spiro atoms. The molecule has 1 N–H and O–H groups in total. The van der Waals surface area contributed by atoms with Gasteiger partial charge in [0.1, 0.15) is 0 Å². The first kappa shape index (κ1) is 13.1. The van der Waals surface area contributed by atoms with E-state index in [4.69, 9.17) is 0 Å². The van der Waals surface area contributed by atoms with Gasteiger partial charge < -0.3 is 0 Å². The number of hydrogen-bond acceptors (Lipinski definition) is 4. The van der Waals surface area contributed by atoms with E-state index in [2.05, 4.69) is 5.32 Å². The molecule has 0 aliphatic carbocycles. The molecule has 3 amide bonds. The van der Waals surface area contributed by atoms with Crippen LogP contribution in [0.3, 0.4) is 0 Å². The van der Waals surface area contributed by atoms with Crippen LogP contribution in [0, 0.1) is 5.82 Å². The molecule has 0 aromatic heterocycles. The number of carbonyl (C=O) groups is 3. The zero-order valence-electron chi connectivity index (χ0n) is 10.1. The summed E-state index contributed by atoms with van der Waals surface area (Å²) in [4.78, 5) is 35.1. The standard InChI is InChI=1S/C12H9FN2O4Se/c13-6-1-3-9-7(5-6)12(18)15(20(9)19)8-2-4-10(16)14-11(8)17/h1,3,5,8H,2,4H2,(H,14,16,17). The number of piperidine rings is 1. The molecule has 104 valence electrons. The molecule has 1 aromatic carbocycles. The summed E-state index contributed by atoms with van der Waals surface area (Å²) in [5, 5.41) is 2.12. The predicted molar refractivity (Wildman–Crippen MR) is 64.8 cm³/mol. The van der Waals surface area contributed by atoms with Crippen LogP contribution in [0.4, 0.5) is 4.39 Å². The zero-order chi connectivity index (χ0) is 14.4. The minimum atomic E-state index is -2.93. The Balaban J connectivity index is 1.97. The molecule has 1 saturated heterocycles. The van der Waals surface area contributed by atoms with Gasteiger partial charge in [0, 0.05) is 0 Å². The van der Waals surface area contributed by atoms with Crippen molar-refractivity contribution >= 4 is 36.2 Å². The predicted octanol–water partition coefficient (Wildman–Crippen LogP) is -0.788. The number of nitrogens with zero attached hydrogens (tertiary/aromatic N) is 1. The number of fused-ring (bicyclic) bond motifs is 1.